The van der Waals surface area contributed by atoms with Gasteiger partial charge in [-0.3, -0.25) is 0 Å². The van der Waals surface area contributed by atoms with Crippen LogP contribution in [-0.2, 0) is 35.9 Å². The van der Waals surface area contributed by atoms with E-state index in [-0.39, 0.29) is 26.4 Å². The Morgan fingerprint density at radius 2 is 0.872 bits per heavy atom. The van der Waals surface area contributed by atoms with Crippen molar-refractivity contribution in [3.05, 3.63) is 0 Å². The van der Waals surface area contributed by atoms with Crippen molar-refractivity contribution in [1.29, 1.82) is 0 Å². The normalized spacial score (nSPS) is 15.7. The van der Waals surface area contributed by atoms with Gasteiger partial charge >= 0.3 is 31.3 Å². The maximum Gasteiger partial charge on any atom is 0.490 e. The van der Waals surface area contributed by atoms with Crippen molar-refractivity contribution in [3.63, 3.8) is 0 Å². The molecule has 0 aliphatic heterocycles. The average Bonchev–Trinajstić information content (AvgIpc) is 2.76. The van der Waals surface area contributed by atoms with Gasteiger partial charge in [-0.25, -0.2) is 18.3 Å². The fourth-order valence-electron chi connectivity index (χ4n) is 2.87. The fourth-order valence-corrected chi connectivity index (χ4v) is 6.84. The molecule has 21 heteroatoms. The van der Waals surface area contributed by atoms with Crippen molar-refractivity contribution in [1.82, 2.24) is 0 Å². The number of ether oxygens (including phenoxy) is 1. The van der Waals surface area contributed by atoms with E-state index in [4.69, 9.17) is 49.4 Å². The van der Waals surface area contributed by atoms with Gasteiger partial charge in [0.2, 0.25) is 0 Å². The molecule has 0 fully saturated rings. The lowest BCUT2D eigenvalue weighted by atomic mass is 9.93. The molecule has 0 saturated carbocycles. The minimum atomic E-state index is -5.77. The summed E-state index contributed by atoms with van der Waals surface area (Å²) >= 11 is 0. The molecule has 9 N–H and O–H groups in total. The van der Waals surface area contributed by atoms with Crippen LogP contribution in [-0.4, -0.2) is 77.7 Å². The van der Waals surface area contributed by atoms with Crippen molar-refractivity contribution < 1.29 is 80.6 Å². The molecule has 0 aliphatic rings. The average molecular weight is 656 g/mol. The molecule has 0 amide bonds. The van der Waals surface area contributed by atoms with Crippen LogP contribution in [0.5, 0.6) is 0 Å². The molecular formula is C18H44O17P4. The first-order chi connectivity index (χ1) is 17.9. The zero-order valence-corrected chi connectivity index (χ0v) is 25.5. The number of hydrogen-bond acceptors (Lipinski definition) is 11. The standard InChI is InChI=1S/C18H38O4.H6O13P4/c1-2-3-4-5-6-7-8-9-10-11-12-13-22-17-18(14-19,15-20)16-21;1-14(2,3)11-16(7,8)13-17(9,10)12-15(4,5)6/h19-21H,2-17H2,1H3;(H,7,8)(H,9,10)(H2,1,2,3)(H2,4,5,6). The van der Waals surface area contributed by atoms with Crippen LogP contribution < -0.4 is 0 Å². The quantitative estimate of drug-likeness (QED) is 0.0564. The largest absolute Gasteiger partial charge is 0.490 e. The molecule has 0 spiro atoms. The summed E-state index contributed by atoms with van der Waals surface area (Å²) in [5.74, 6) is 0. The van der Waals surface area contributed by atoms with Gasteiger partial charge in [0.25, 0.3) is 0 Å². The molecule has 0 aromatic heterocycles. The van der Waals surface area contributed by atoms with Gasteiger partial charge in [-0.15, -0.1) is 0 Å². The van der Waals surface area contributed by atoms with E-state index in [0.29, 0.717) is 6.61 Å². The van der Waals surface area contributed by atoms with Gasteiger partial charge in [0.05, 0.1) is 31.8 Å². The van der Waals surface area contributed by atoms with Crippen LogP contribution in [0.4, 0.5) is 0 Å². The van der Waals surface area contributed by atoms with E-state index >= 15 is 0 Å². The lowest BCUT2D eigenvalue weighted by Gasteiger charge is -2.26. The third kappa shape index (κ3) is 27.0. The molecule has 2 unspecified atom stereocenters. The Morgan fingerprint density at radius 3 is 1.18 bits per heavy atom. The highest BCUT2D eigenvalue weighted by atomic mass is 31.3. The number of rotatable bonds is 23. The minimum absolute atomic E-state index is 0.217. The number of aliphatic hydroxyl groups excluding tert-OH is 3. The van der Waals surface area contributed by atoms with Gasteiger partial charge in [0.1, 0.15) is 0 Å². The zero-order chi connectivity index (χ0) is 30.6. The van der Waals surface area contributed by atoms with Crippen molar-refractivity contribution in [2.75, 3.05) is 33.0 Å². The fraction of sp³-hybridized carbons (Fsp3) is 1.00. The van der Waals surface area contributed by atoms with Crippen LogP contribution >= 0.6 is 31.3 Å². The van der Waals surface area contributed by atoms with Gasteiger partial charge in [0.15, 0.2) is 0 Å². The summed E-state index contributed by atoms with van der Waals surface area (Å²) in [6.45, 7) is 2.35. The molecular weight excluding hydrogens is 612 g/mol. The smallest absolute Gasteiger partial charge is 0.396 e. The molecule has 0 radical (unpaired) electrons. The molecule has 0 bridgehead atoms. The summed E-state index contributed by atoms with van der Waals surface area (Å²) in [5.41, 5.74) is -0.891. The first kappa shape index (κ1) is 41.5. The van der Waals surface area contributed by atoms with E-state index in [1.54, 1.807) is 0 Å². The maximum atomic E-state index is 10.7. The molecule has 0 rings (SSSR count). The Hall–Kier alpha value is 0.400. The predicted octanol–water partition coefficient (Wildman–Crippen LogP) is 2.70. The Kier molecular flexibility index (Phi) is 22.5. The summed E-state index contributed by atoms with van der Waals surface area (Å²) in [6, 6.07) is 0. The molecule has 238 valence electrons. The van der Waals surface area contributed by atoms with E-state index in [2.05, 4.69) is 19.9 Å². The van der Waals surface area contributed by atoms with Gasteiger partial charge in [0, 0.05) is 6.61 Å². The van der Waals surface area contributed by atoms with Crippen molar-refractivity contribution >= 4 is 31.3 Å². The highest BCUT2D eigenvalue weighted by Crippen LogP contribution is 2.69. The third-order valence-electron chi connectivity index (χ3n) is 4.93. The lowest BCUT2D eigenvalue weighted by Crippen LogP contribution is -2.38. The summed E-state index contributed by atoms with van der Waals surface area (Å²) in [5, 5.41) is 27.5. The van der Waals surface area contributed by atoms with Crippen LogP contribution in [0.3, 0.4) is 0 Å². The van der Waals surface area contributed by atoms with Gasteiger partial charge < -0.3 is 49.4 Å². The van der Waals surface area contributed by atoms with Crippen LogP contribution in [0.1, 0.15) is 77.6 Å². The second-order valence-corrected chi connectivity index (χ2v) is 14.5. The Morgan fingerprint density at radius 1 is 0.538 bits per heavy atom. The number of unbranched alkanes of at least 4 members (excludes halogenated alkanes) is 10. The van der Waals surface area contributed by atoms with Gasteiger partial charge in [-0.1, -0.05) is 71.1 Å². The lowest BCUT2D eigenvalue weighted by molar-refractivity contribution is -0.0582. The van der Waals surface area contributed by atoms with Gasteiger partial charge in [-0.2, -0.15) is 12.9 Å². The zero-order valence-electron chi connectivity index (χ0n) is 21.9. The molecule has 2 atom stereocenters. The molecule has 0 heterocycles. The molecule has 0 aromatic rings. The predicted molar refractivity (Wildman–Crippen MR) is 138 cm³/mol. The Balaban J connectivity index is 0. The Labute approximate surface area is 228 Å². The molecule has 0 aliphatic carbocycles. The van der Waals surface area contributed by atoms with Crippen LogP contribution in [0, 0.1) is 5.41 Å². The second-order valence-electron chi connectivity index (χ2n) is 8.73. The van der Waals surface area contributed by atoms with E-state index in [1.807, 2.05) is 0 Å². The number of aliphatic hydroxyl groups is 3. The maximum absolute atomic E-state index is 10.7. The van der Waals surface area contributed by atoms with E-state index < -0.39 is 36.7 Å². The molecule has 0 aromatic carbocycles. The molecule has 0 saturated heterocycles. The van der Waals surface area contributed by atoms with Gasteiger partial charge in [-0.05, 0) is 6.42 Å². The number of phosphoric acid groups is 4. The second kappa shape index (κ2) is 21.1. The number of hydrogen-bond donors (Lipinski definition) is 9. The molecule has 17 nitrogen and oxygen atoms in total. The highest BCUT2D eigenvalue weighted by molar-refractivity contribution is 7.69. The van der Waals surface area contributed by atoms with Crippen LogP contribution in [0.2, 0.25) is 0 Å². The minimum Gasteiger partial charge on any atom is -0.396 e. The van der Waals surface area contributed by atoms with E-state index in [1.165, 1.54) is 64.2 Å². The Bertz CT molecular complexity index is 759. The first-order valence-electron chi connectivity index (χ1n) is 12.2. The third-order valence-corrected chi connectivity index (χ3v) is 9.94. The SMILES string of the molecule is CCCCCCCCCCCCCOCC(CO)(CO)CO.O=P(O)(O)OP(=O)(O)OP(=O)(O)OP(=O)(O)O. The molecule has 39 heavy (non-hydrogen) atoms. The summed E-state index contributed by atoms with van der Waals surface area (Å²) in [6.07, 6.45) is 14.3. The van der Waals surface area contributed by atoms with Crippen LogP contribution in [0.25, 0.3) is 0 Å². The monoisotopic (exact) mass is 656 g/mol. The topological polar surface area (TPSA) is 287 Å². The van der Waals surface area contributed by atoms with Crippen LogP contribution in [0.15, 0.2) is 0 Å². The van der Waals surface area contributed by atoms with Crippen molar-refractivity contribution in [2.24, 2.45) is 5.41 Å². The summed E-state index contributed by atoms with van der Waals surface area (Å²) < 4.78 is 56.4. The van der Waals surface area contributed by atoms with Crippen molar-refractivity contribution in [2.45, 2.75) is 77.6 Å². The highest BCUT2D eigenvalue weighted by Gasteiger charge is 2.43. The summed E-state index contributed by atoms with van der Waals surface area (Å²) in [7, 11) is -22.6. The first-order valence-corrected chi connectivity index (χ1v) is 18.2. The van der Waals surface area contributed by atoms with E-state index in [0.717, 1.165) is 6.42 Å². The summed E-state index contributed by atoms with van der Waals surface area (Å²) in [4.78, 5) is 49.4. The van der Waals surface area contributed by atoms with Crippen molar-refractivity contribution in [3.8, 4) is 0 Å². The van der Waals surface area contributed by atoms with E-state index in [9.17, 15) is 18.3 Å².